The summed E-state index contributed by atoms with van der Waals surface area (Å²) in [7, 11) is 1.68. The van der Waals surface area contributed by atoms with Gasteiger partial charge >= 0.3 is 0 Å². The molecule has 4 rings (SSSR count). The van der Waals surface area contributed by atoms with Crippen molar-refractivity contribution in [2.45, 2.75) is 57.6 Å². The van der Waals surface area contributed by atoms with E-state index < -0.39 is 0 Å². The van der Waals surface area contributed by atoms with E-state index >= 15 is 0 Å². The van der Waals surface area contributed by atoms with Crippen LogP contribution in [0.4, 0.5) is 5.82 Å². The van der Waals surface area contributed by atoms with Crippen molar-refractivity contribution in [1.29, 1.82) is 0 Å². The second kappa shape index (κ2) is 7.90. The molecule has 0 aromatic carbocycles. The van der Waals surface area contributed by atoms with Crippen molar-refractivity contribution in [3.63, 3.8) is 0 Å². The van der Waals surface area contributed by atoms with Gasteiger partial charge in [0.15, 0.2) is 11.6 Å². The number of anilines is 1. The molecule has 2 N–H and O–H groups in total. The molecular formula is C19H28N6O2. The standard InChI is InChI=1S/C19H28N6O2/c1-12-21-19(27-24-12)7-13-3-5-25(6-4-13)18-10-16(14-8-15(20)9-14)22-17(23-18)11-26-2/h10,13-15H,3-9,11,20H2,1-2H3. The van der Waals surface area contributed by atoms with Crippen LogP contribution in [0.5, 0.6) is 0 Å². The minimum absolute atomic E-state index is 0.309. The topological polar surface area (TPSA) is 103 Å². The molecule has 3 heterocycles. The third-order valence-corrected chi connectivity index (χ3v) is 5.62. The lowest BCUT2D eigenvalue weighted by molar-refractivity contribution is 0.177. The molecule has 1 saturated carbocycles. The van der Waals surface area contributed by atoms with Crippen LogP contribution in [0.25, 0.3) is 0 Å². The fourth-order valence-electron chi connectivity index (χ4n) is 4.01. The first-order chi connectivity index (χ1) is 13.1. The predicted molar refractivity (Wildman–Crippen MR) is 100 cm³/mol. The number of ether oxygens (including phenoxy) is 1. The molecule has 0 unspecified atom stereocenters. The molecule has 2 aliphatic rings. The van der Waals surface area contributed by atoms with Gasteiger partial charge in [-0.15, -0.1) is 0 Å². The van der Waals surface area contributed by atoms with E-state index in [1.807, 2.05) is 6.92 Å². The number of nitrogens with zero attached hydrogens (tertiary/aromatic N) is 5. The van der Waals surface area contributed by atoms with Gasteiger partial charge in [-0.2, -0.15) is 4.98 Å². The highest BCUT2D eigenvalue weighted by atomic mass is 16.5. The second-order valence-corrected chi connectivity index (χ2v) is 7.80. The SMILES string of the molecule is COCc1nc(C2CC(N)C2)cc(N2CCC(Cc3nc(C)no3)CC2)n1. The molecule has 146 valence electrons. The zero-order valence-electron chi connectivity index (χ0n) is 16.1. The van der Waals surface area contributed by atoms with E-state index in [0.717, 1.165) is 68.4 Å². The molecular weight excluding hydrogens is 344 g/mol. The van der Waals surface area contributed by atoms with E-state index in [9.17, 15) is 0 Å². The number of methoxy groups -OCH3 is 1. The number of aryl methyl sites for hydroxylation is 1. The average Bonchev–Trinajstić information content (AvgIpc) is 3.04. The third kappa shape index (κ3) is 4.27. The van der Waals surface area contributed by atoms with Gasteiger partial charge in [0.05, 0.1) is 0 Å². The van der Waals surface area contributed by atoms with Crippen LogP contribution in [0.15, 0.2) is 10.6 Å². The Bertz CT molecular complexity index is 765. The van der Waals surface area contributed by atoms with E-state index in [1.54, 1.807) is 7.11 Å². The summed E-state index contributed by atoms with van der Waals surface area (Å²) in [5, 5.41) is 3.88. The first-order valence-corrected chi connectivity index (χ1v) is 9.77. The lowest BCUT2D eigenvalue weighted by Gasteiger charge is -2.35. The Morgan fingerprint density at radius 1 is 1.22 bits per heavy atom. The number of hydrogen-bond acceptors (Lipinski definition) is 8. The highest BCUT2D eigenvalue weighted by Crippen LogP contribution is 2.36. The van der Waals surface area contributed by atoms with Gasteiger partial charge in [0.1, 0.15) is 12.4 Å². The molecule has 0 amide bonds. The quantitative estimate of drug-likeness (QED) is 0.821. The van der Waals surface area contributed by atoms with Crippen molar-refractivity contribution >= 4 is 5.82 Å². The summed E-state index contributed by atoms with van der Waals surface area (Å²) < 4.78 is 10.5. The van der Waals surface area contributed by atoms with Crippen molar-refractivity contribution in [3.05, 3.63) is 29.3 Å². The Hall–Kier alpha value is -2.06. The Kier molecular flexibility index (Phi) is 5.36. The summed E-state index contributed by atoms with van der Waals surface area (Å²) >= 11 is 0. The van der Waals surface area contributed by atoms with Crippen LogP contribution in [0.2, 0.25) is 0 Å². The van der Waals surface area contributed by atoms with E-state index in [1.165, 1.54) is 0 Å². The minimum Gasteiger partial charge on any atom is -0.377 e. The van der Waals surface area contributed by atoms with Crippen molar-refractivity contribution in [3.8, 4) is 0 Å². The molecule has 1 saturated heterocycles. The van der Waals surface area contributed by atoms with Crippen LogP contribution in [-0.4, -0.2) is 46.3 Å². The normalized spacial score (nSPS) is 23.4. The molecule has 8 nitrogen and oxygen atoms in total. The van der Waals surface area contributed by atoms with Crippen molar-refractivity contribution < 1.29 is 9.26 Å². The molecule has 27 heavy (non-hydrogen) atoms. The molecule has 2 aromatic heterocycles. The van der Waals surface area contributed by atoms with E-state index in [0.29, 0.717) is 30.3 Å². The van der Waals surface area contributed by atoms with Crippen LogP contribution >= 0.6 is 0 Å². The molecule has 0 spiro atoms. The number of hydrogen-bond donors (Lipinski definition) is 1. The van der Waals surface area contributed by atoms with Crippen LogP contribution in [0.3, 0.4) is 0 Å². The summed E-state index contributed by atoms with van der Waals surface area (Å²) in [4.78, 5) is 16.1. The van der Waals surface area contributed by atoms with E-state index in [4.69, 9.17) is 25.0 Å². The predicted octanol–water partition coefficient (Wildman–Crippen LogP) is 1.98. The summed E-state index contributed by atoms with van der Waals surface area (Å²) in [5.74, 6) is 4.26. The Morgan fingerprint density at radius 2 is 2.00 bits per heavy atom. The Morgan fingerprint density at radius 3 is 2.63 bits per heavy atom. The Labute approximate surface area is 159 Å². The summed E-state index contributed by atoms with van der Waals surface area (Å²) in [5.41, 5.74) is 7.08. The van der Waals surface area contributed by atoms with Crippen molar-refractivity contribution in [1.82, 2.24) is 20.1 Å². The van der Waals surface area contributed by atoms with Crippen LogP contribution in [0, 0.1) is 12.8 Å². The summed E-state index contributed by atoms with van der Waals surface area (Å²) in [6.45, 7) is 4.25. The van der Waals surface area contributed by atoms with Gasteiger partial charge in [-0.1, -0.05) is 5.16 Å². The van der Waals surface area contributed by atoms with E-state index in [2.05, 4.69) is 21.1 Å². The molecule has 0 bridgehead atoms. The molecule has 8 heteroatoms. The maximum atomic E-state index is 5.97. The zero-order chi connectivity index (χ0) is 18.8. The highest BCUT2D eigenvalue weighted by Gasteiger charge is 2.30. The number of rotatable bonds is 6. The van der Waals surface area contributed by atoms with Gasteiger partial charge in [-0.05, 0) is 38.5 Å². The molecule has 0 atom stereocenters. The second-order valence-electron chi connectivity index (χ2n) is 7.80. The van der Waals surface area contributed by atoms with Crippen LogP contribution in [-0.2, 0) is 17.8 Å². The van der Waals surface area contributed by atoms with Gasteiger partial charge in [0, 0.05) is 50.3 Å². The zero-order valence-corrected chi connectivity index (χ0v) is 16.1. The molecule has 1 aliphatic heterocycles. The smallest absolute Gasteiger partial charge is 0.226 e. The first kappa shape index (κ1) is 18.3. The van der Waals surface area contributed by atoms with E-state index in [-0.39, 0.29) is 0 Å². The minimum atomic E-state index is 0.309. The average molecular weight is 372 g/mol. The summed E-state index contributed by atoms with van der Waals surface area (Å²) in [6.07, 6.45) is 5.06. The number of piperidine rings is 1. The molecule has 0 radical (unpaired) electrons. The van der Waals surface area contributed by atoms with Crippen molar-refractivity contribution in [2.24, 2.45) is 11.7 Å². The fraction of sp³-hybridized carbons (Fsp3) is 0.684. The lowest BCUT2D eigenvalue weighted by atomic mass is 9.78. The maximum Gasteiger partial charge on any atom is 0.226 e. The van der Waals surface area contributed by atoms with Gasteiger partial charge in [0.2, 0.25) is 5.89 Å². The maximum absolute atomic E-state index is 5.97. The van der Waals surface area contributed by atoms with Crippen LogP contribution in [0.1, 0.15) is 54.8 Å². The first-order valence-electron chi connectivity index (χ1n) is 9.77. The summed E-state index contributed by atoms with van der Waals surface area (Å²) in [6, 6.07) is 2.46. The van der Waals surface area contributed by atoms with Gasteiger partial charge < -0.3 is 19.9 Å². The molecule has 2 fully saturated rings. The van der Waals surface area contributed by atoms with Gasteiger partial charge in [-0.3, -0.25) is 0 Å². The van der Waals surface area contributed by atoms with Gasteiger partial charge in [0.25, 0.3) is 0 Å². The molecule has 1 aliphatic carbocycles. The number of nitrogens with two attached hydrogens (primary N) is 1. The Balaban J connectivity index is 1.42. The lowest BCUT2D eigenvalue weighted by Crippen LogP contribution is -2.37. The number of aromatic nitrogens is 4. The van der Waals surface area contributed by atoms with Crippen LogP contribution < -0.4 is 10.6 Å². The molecule has 2 aromatic rings. The monoisotopic (exact) mass is 372 g/mol. The van der Waals surface area contributed by atoms with Crippen molar-refractivity contribution in [2.75, 3.05) is 25.1 Å². The van der Waals surface area contributed by atoms with Gasteiger partial charge in [-0.25, -0.2) is 9.97 Å². The highest BCUT2D eigenvalue weighted by molar-refractivity contribution is 5.41. The third-order valence-electron chi connectivity index (χ3n) is 5.62. The fourth-order valence-corrected chi connectivity index (χ4v) is 4.01. The largest absolute Gasteiger partial charge is 0.377 e.